The molecule has 0 radical (unpaired) electrons. The molecule has 27 heavy (non-hydrogen) atoms. The number of thiophene rings is 1. The Hall–Kier alpha value is -2.19. The molecule has 1 unspecified atom stereocenters. The molecule has 0 aliphatic carbocycles. The Morgan fingerprint density at radius 3 is 2.89 bits per heavy atom. The second kappa shape index (κ2) is 6.76. The van der Waals surface area contributed by atoms with E-state index in [1.165, 1.54) is 10.4 Å². The lowest BCUT2D eigenvalue weighted by atomic mass is 9.97. The monoisotopic (exact) mass is 403 g/mol. The van der Waals surface area contributed by atoms with Gasteiger partial charge in [-0.15, -0.1) is 15.7 Å². The number of carbonyl (C=O) groups is 1. The van der Waals surface area contributed by atoms with Crippen molar-refractivity contribution < 1.29 is 13.2 Å². The molecule has 3 heterocycles. The van der Waals surface area contributed by atoms with E-state index in [1.54, 1.807) is 47.5 Å². The zero-order chi connectivity index (χ0) is 19.2. The van der Waals surface area contributed by atoms with E-state index in [0.29, 0.717) is 17.9 Å². The number of benzene rings is 1. The fourth-order valence-electron chi connectivity index (χ4n) is 3.87. The Balaban J connectivity index is 1.56. The van der Waals surface area contributed by atoms with Gasteiger partial charge in [0.1, 0.15) is 4.90 Å². The molecule has 142 valence electrons. The molecule has 2 aromatic rings. The van der Waals surface area contributed by atoms with E-state index in [1.807, 2.05) is 4.90 Å². The summed E-state index contributed by atoms with van der Waals surface area (Å²) in [7, 11) is -1.97. The largest absolute Gasteiger partial charge is 0.349 e. The number of rotatable bonds is 3. The van der Waals surface area contributed by atoms with Crippen molar-refractivity contribution in [1.29, 1.82) is 0 Å². The molecule has 2 aliphatic heterocycles. The zero-order valence-electron chi connectivity index (χ0n) is 15.3. The number of nitrogens with zero attached hydrogens (tertiary/aromatic N) is 3. The summed E-state index contributed by atoms with van der Waals surface area (Å²) in [4.78, 5) is 18.1. The first-order valence-electron chi connectivity index (χ1n) is 8.93. The number of amides is 1. The molecule has 8 heteroatoms. The van der Waals surface area contributed by atoms with Crippen LogP contribution >= 0.6 is 11.3 Å². The molecule has 0 saturated carbocycles. The van der Waals surface area contributed by atoms with E-state index < -0.39 is 10.0 Å². The number of amidine groups is 1. The fourth-order valence-corrected chi connectivity index (χ4v) is 6.05. The van der Waals surface area contributed by atoms with E-state index >= 15 is 0 Å². The van der Waals surface area contributed by atoms with Crippen LogP contribution in [0.5, 0.6) is 0 Å². The average molecular weight is 404 g/mol. The van der Waals surface area contributed by atoms with Gasteiger partial charge in [0.15, 0.2) is 5.84 Å². The van der Waals surface area contributed by atoms with Crippen LogP contribution in [0.25, 0.3) is 0 Å². The predicted molar refractivity (Wildman–Crippen MR) is 106 cm³/mol. The van der Waals surface area contributed by atoms with Gasteiger partial charge < -0.3 is 9.80 Å². The highest BCUT2D eigenvalue weighted by atomic mass is 32.2. The minimum Gasteiger partial charge on any atom is -0.349 e. The van der Waals surface area contributed by atoms with Crippen molar-refractivity contribution in [3.63, 3.8) is 0 Å². The molecule has 4 rings (SSSR count). The van der Waals surface area contributed by atoms with Crippen LogP contribution in [0, 0.1) is 0 Å². The van der Waals surface area contributed by atoms with Crippen molar-refractivity contribution in [2.24, 2.45) is 4.40 Å². The zero-order valence-corrected chi connectivity index (χ0v) is 16.9. The number of likely N-dealkylation sites (N-methyl/N-ethyl adjacent to an activating group) is 1. The molecule has 1 atom stereocenters. The predicted octanol–water partition coefficient (Wildman–Crippen LogP) is 2.66. The molecular formula is C19H21N3O3S2. The van der Waals surface area contributed by atoms with Crippen molar-refractivity contribution in [3.8, 4) is 0 Å². The van der Waals surface area contributed by atoms with Crippen LogP contribution in [0.2, 0.25) is 0 Å². The summed E-state index contributed by atoms with van der Waals surface area (Å²) in [5.74, 6) is 0.325. The minimum absolute atomic E-state index is 0.00863. The first kappa shape index (κ1) is 18.2. The Kier molecular flexibility index (Phi) is 4.55. The van der Waals surface area contributed by atoms with Gasteiger partial charge in [-0.2, -0.15) is 8.42 Å². The smallest absolute Gasteiger partial charge is 0.285 e. The van der Waals surface area contributed by atoms with Gasteiger partial charge in [-0.25, -0.2) is 0 Å². The Bertz CT molecular complexity index is 1030. The van der Waals surface area contributed by atoms with Gasteiger partial charge in [0.05, 0.1) is 12.6 Å². The maximum atomic E-state index is 13.0. The summed E-state index contributed by atoms with van der Waals surface area (Å²) >= 11 is 1.75. The van der Waals surface area contributed by atoms with Crippen LogP contribution in [0.4, 0.5) is 0 Å². The molecule has 0 saturated heterocycles. The SMILES string of the molecule is CCC1c2ccsc2CCN1C(=O)CN(C)C1=NS(=O)(=O)c2ccccc21. The molecule has 1 aromatic heterocycles. The highest BCUT2D eigenvalue weighted by molar-refractivity contribution is 7.90. The molecule has 1 amide bonds. The molecule has 6 nitrogen and oxygen atoms in total. The second-order valence-electron chi connectivity index (χ2n) is 6.80. The Morgan fingerprint density at radius 2 is 2.11 bits per heavy atom. The first-order chi connectivity index (χ1) is 12.9. The number of carbonyl (C=O) groups excluding carboxylic acids is 1. The van der Waals surface area contributed by atoms with Gasteiger partial charge >= 0.3 is 0 Å². The van der Waals surface area contributed by atoms with Crippen LogP contribution in [0.3, 0.4) is 0 Å². The van der Waals surface area contributed by atoms with Gasteiger partial charge in [0, 0.05) is 24.0 Å². The Labute approximate surface area is 163 Å². The maximum absolute atomic E-state index is 13.0. The summed E-state index contributed by atoms with van der Waals surface area (Å²) in [6.45, 7) is 2.88. The van der Waals surface area contributed by atoms with Gasteiger partial charge in [0.2, 0.25) is 5.91 Å². The molecule has 0 spiro atoms. The standard InChI is InChI=1S/C19H21N3O3S2/c1-3-15-13-9-11-26-16(13)8-10-22(15)18(23)12-21(2)19-14-6-4-5-7-17(14)27(24,25)20-19/h4-7,9,11,15H,3,8,10,12H2,1-2H3. The summed E-state index contributed by atoms with van der Waals surface area (Å²) in [5.41, 5.74) is 1.80. The van der Waals surface area contributed by atoms with Crippen LogP contribution < -0.4 is 0 Å². The summed E-state index contributed by atoms with van der Waals surface area (Å²) in [6.07, 6.45) is 1.73. The third kappa shape index (κ3) is 3.06. The summed E-state index contributed by atoms with van der Waals surface area (Å²) < 4.78 is 28.4. The van der Waals surface area contributed by atoms with Gasteiger partial charge in [0.25, 0.3) is 10.0 Å². The molecule has 2 aliphatic rings. The highest BCUT2D eigenvalue weighted by Gasteiger charge is 2.34. The second-order valence-corrected chi connectivity index (χ2v) is 9.38. The third-order valence-electron chi connectivity index (χ3n) is 5.15. The third-order valence-corrected chi connectivity index (χ3v) is 7.47. The molecular weight excluding hydrogens is 382 g/mol. The lowest BCUT2D eigenvalue weighted by molar-refractivity contribution is -0.134. The van der Waals surface area contributed by atoms with E-state index in [2.05, 4.69) is 22.8 Å². The van der Waals surface area contributed by atoms with Crippen LogP contribution in [0.1, 0.15) is 35.4 Å². The summed E-state index contributed by atoms with van der Waals surface area (Å²) in [6, 6.07) is 8.93. The molecule has 0 N–H and O–H groups in total. The van der Waals surface area contributed by atoms with E-state index in [0.717, 1.165) is 12.8 Å². The van der Waals surface area contributed by atoms with Crippen LogP contribution in [-0.4, -0.2) is 50.1 Å². The van der Waals surface area contributed by atoms with Crippen LogP contribution in [-0.2, 0) is 21.2 Å². The molecule has 0 fully saturated rings. The van der Waals surface area contributed by atoms with Crippen molar-refractivity contribution in [3.05, 3.63) is 51.7 Å². The van der Waals surface area contributed by atoms with Crippen molar-refractivity contribution in [1.82, 2.24) is 9.80 Å². The maximum Gasteiger partial charge on any atom is 0.285 e. The van der Waals surface area contributed by atoms with Crippen molar-refractivity contribution in [2.45, 2.75) is 30.7 Å². The number of hydrogen-bond acceptors (Lipinski definition) is 5. The highest BCUT2D eigenvalue weighted by Crippen LogP contribution is 2.35. The number of sulfonamides is 1. The van der Waals surface area contributed by atoms with Gasteiger partial charge in [-0.1, -0.05) is 19.1 Å². The molecule has 1 aromatic carbocycles. The van der Waals surface area contributed by atoms with Crippen molar-refractivity contribution >= 4 is 33.1 Å². The lowest BCUT2D eigenvalue weighted by Gasteiger charge is -2.36. The minimum atomic E-state index is -3.69. The topological polar surface area (TPSA) is 70.1 Å². The van der Waals surface area contributed by atoms with Crippen molar-refractivity contribution in [2.75, 3.05) is 20.1 Å². The first-order valence-corrected chi connectivity index (χ1v) is 11.3. The van der Waals surface area contributed by atoms with Gasteiger partial charge in [-0.05, 0) is 42.0 Å². The number of hydrogen-bond donors (Lipinski definition) is 0. The quantitative estimate of drug-likeness (QED) is 0.790. The fraction of sp³-hybridized carbons (Fsp3) is 0.368. The summed E-state index contributed by atoms with van der Waals surface area (Å²) in [5, 5.41) is 2.09. The van der Waals surface area contributed by atoms with E-state index in [4.69, 9.17) is 0 Å². The Morgan fingerprint density at radius 1 is 1.33 bits per heavy atom. The normalized spacial score (nSPS) is 20.0. The van der Waals surface area contributed by atoms with E-state index in [-0.39, 0.29) is 23.4 Å². The van der Waals surface area contributed by atoms with E-state index in [9.17, 15) is 13.2 Å². The average Bonchev–Trinajstić information content (AvgIpc) is 3.23. The molecule has 0 bridgehead atoms. The lowest BCUT2D eigenvalue weighted by Crippen LogP contribution is -2.45. The number of fused-ring (bicyclic) bond motifs is 2. The van der Waals surface area contributed by atoms with Crippen LogP contribution in [0.15, 0.2) is 45.0 Å². The van der Waals surface area contributed by atoms with Gasteiger partial charge in [-0.3, -0.25) is 4.79 Å².